The fraction of sp³-hybridized carbons (Fsp3) is 0.625. The van der Waals surface area contributed by atoms with E-state index in [1.165, 1.54) is 43.2 Å². The Morgan fingerprint density at radius 2 is 1.76 bits per heavy atom. The standard InChI is InChI=1S/C16H24O/c1-12-9-10-15(13(2)11-12)16(3,17)14-7-5-4-6-8-14/h9-11,14,17H,4-8H2,1-3H3. The topological polar surface area (TPSA) is 20.2 Å². The maximum atomic E-state index is 10.9. The third-order valence-corrected chi connectivity index (χ3v) is 4.33. The molecule has 17 heavy (non-hydrogen) atoms. The van der Waals surface area contributed by atoms with Gasteiger partial charge in [-0.05, 0) is 50.7 Å². The highest BCUT2D eigenvalue weighted by atomic mass is 16.3. The quantitative estimate of drug-likeness (QED) is 0.814. The third-order valence-electron chi connectivity index (χ3n) is 4.33. The molecule has 0 heterocycles. The van der Waals surface area contributed by atoms with Gasteiger partial charge < -0.3 is 5.11 Å². The van der Waals surface area contributed by atoms with Crippen LogP contribution in [0.5, 0.6) is 0 Å². The molecule has 1 nitrogen and oxygen atoms in total. The molecule has 1 atom stereocenters. The molecular formula is C16H24O. The van der Waals surface area contributed by atoms with E-state index >= 15 is 0 Å². The Morgan fingerprint density at radius 1 is 1.12 bits per heavy atom. The van der Waals surface area contributed by atoms with Gasteiger partial charge in [-0.2, -0.15) is 0 Å². The molecule has 2 rings (SSSR count). The van der Waals surface area contributed by atoms with E-state index in [2.05, 4.69) is 32.0 Å². The zero-order valence-electron chi connectivity index (χ0n) is 11.3. The molecule has 1 fully saturated rings. The molecule has 0 bridgehead atoms. The van der Waals surface area contributed by atoms with Crippen molar-refractivity contribution in [2.45, 2.75) is 58.5 Å². The van der Waals surface area contributed by atoms with Crippen molar-refractivity contribution in [3.05, 3.63) is 34.9 Å². The van der Waals surface area contributed by atoms with Crippen LogP contribution >= 0.6 is 0 Å². The van der Waals surface area contributed by atoms with Gasteiger partial charge in [-0.25, -0.2) is 0 Å². The van der Waals surface area contributed by atoms with Gasteiger partial charge in [-0.3, -0.25) is 0 Å². The first-order valence-electron chi connectivity index (χ1n) is 6.82. The van der Waals surface area contributed by atoms with Gasteiger partial charge >= 0.3 is 0 Å². The van der Waals surface area contributed by atoms with E-state index in [4.69, 9.17) is 0 Å². The number of benzene rings is 1. The molecule has 0 aliphatic heterocycles. The minimum Gasteiger partial charge on any atom is -0.385 e. The summed E-state index contributed by atoms with van der Waals surface area (Å²) in [5.74, 6) is 0.428. The van der Waals surface area contributed by atoms with E-state index in [1.807, 2.05) is 6.92 Å². The molecule has 1 aliphatic carbocycles. The second kappa shape index (κ2) is 4.81. The highest BCUT2D eigenvalue weighted by Crippen LogP contribution is 2.40. The van der Waals surface area contributed by atoms with Crippen molar-refractivity contribution in [2.75, 3.05) is 0 Å². The van der Waals surface area contributed by atoms with Gasteiger partial charge in [0.1, 0.15) is 0 Å². The molecule has 0 radical (unpaired) electrons. The maximum Gasteiger partial charge on any atom is 0.0899 e. The van der Waals surface area contributed by atoms with Gasteiger partial charge in [-0.1, -0.05) is 43.0 Å². The zero-order chi connectivity index (χ0) is 12.5. The van der Waals surface area contributed by atoms with Crippen molar-refractivity contribution >= 4 is 0 Å². The van der Waals surface area contributed by atoms with Crippen molar-refractivity contribution in [3.63, 3.8) is 0 Å². The number of hydrogen-bond acceptors (Lipinski definition) is 1. The molecule has 1 N–H and O–H groups in total. The Bertz CT molecular complexity index is 387. The van der Waals surface area contributed by atoms with Gasteiger partial charge in [0.15, 0.2) is 0 Å². The van der Waals surface area contributed by atoms with Gasteiger partial charge in [0, 0.05) is 0 Å². The van der Waals surface area contributed by atoms with Gasteiger partial charge in [-0.15, -0.1) is 0 Å². The summed E-state index contributed by atoms with van der Waals surface area (Å²) < 4.78 is 0. The molecular weight excluding hydrogens is 208 g/mol. The summed E-state index contributed by atoms with van der Waals surface area (Å²) in [6.45, 7) is 6.21. The lowest BCUT2D eigenvalue weighted by atomic mass is 9.73. The molecule has 94 valence electrons. The summed E-state index contributed by atoms with van der Waals surface area (Å²) >= 11 is 0. The number of rotatable bonds is 2. The van der Waals surface area contributed by atoms with E-state index in [0.717, 1.165) is 5.56 Å². The highest BCUT2D eigenvalue weighted by molar-refractivity contribution is 5.34. The van der Waals surface area contributed by atoms with Crippen LogP contribution in [-0.4, -0.2) is 5.11 Å². The number of aryl methyl sites for hydroxylation is 2. The Hall–Kier alpha value is -0.820. The van der Waals surface area contributed by atoms with Crippen molar-refractivity contribution in [1.82, 2.24) is 0 Å². The Kier molecular flexibility index (Phi) is 3.58. The molecule has 1 saturated carbocycles. The highest BCUT2D eigenvalue weighted by Gasteiger charge is 2.35. The lowest BCUT2D eigenvalue weighted by molar-refractivity contribution is -0.0220. The van der Waals surface area contributed by atoms with E-state index in [1.54, 1.807) is 0 Å². The lowest BCUT2D eigenvalue weighted by Crippen LogP contribution is -2.34. The molecule has 1 heteroatoms. The minimum absolute atomic E-state index is 0.428. The Morgan fingerprint density at radius 3 is 2.35 bits per heavy atom. The summed E-state index contributed by atoms with van der Waals surface area (Å²) in [4.78, 5) is 0. The first-order chi connectivity index (χ1) is 8.01. The monoisotopic (exact) mass is 232 g/mol. The van der Waals surface area contributed by atoms with Crippen LogP contribution in [0.25, 0.3) is 0 Å². The third kappa shape index (κ3) is 2.55. The van der Waals surface area contributed by atoms with Crippen LogP contribution in [0.3, 0.4) is 0 Å². The summed E-state index contributed by atoms with van der Waals surface area (Å²) in [7, 11) is 0. The normalized spacial score (nSPS) is 21.2. The van der Waals surface area contributed by atoms with Gasteiger partial charge in [0.05, 0.1) is 5.60 Å². The molecule has 1 unspecified atom stereocenters. The summed E-state index contributed by atoms with van der Waals surface area (Å²) in [5.41, 5.74) is 2.96. The van der Waals surface area contributed by atoms with E-state index < -0.39 is 5.60 Å². The molecule has 0 spiro atoms. The van der Waals surface area contributed by atoms with Crippen molar-refractivity contribution in [2.24, 2.45) is 5.92 Å². The fourth-order valence-electron chi connectivity index (χ4n) is 3.27. The van der Waals surface area contributed by atoms with Crippen LogP contribution in [-0.2, 0) is 5.60 Å². The van der Waals surface area contributed by atoms with E-state index in [-0.39, 0.29) is 0 Å². The van der Waals surface area contributed by atoms with Crippen LogP contribution in [0, 0.1) is 19.8 Å². The van der Waals surface area contributed by atoms with Crippen LogP contribution in [0.2, 0.25) is 0 Å². The first kappa shape index (κ1) is 12.6. The lowest BCUT2D eigenvalue weighted by Gasteiger charge is -2.37. The fourth-order valence-corrected chi connectivity index (χ4v) is 3.27. The molecule has 0 saturated heterocycles. The SMILES string of the molecule is Cc1ccc(C(C)(O)C2CCCCC2)c(C)c1. The molecule has 1 aromatic carbocycles. The van der Waals surface area contributed by atoms with Crippen LogP contribution in [0.1, 0.15) is 55.7 Å². The second-order valence-corrected chi connectivity index (χ2v) is 5.80. The first-order valence-corrected chi connectivity index (χ1v) is 6.82. The maximum absolute atomic E-state index is 10.9. The van der Waals surface area contributed by atoms with E-state index in [0.29, 0.717) is 5.92 Å². The summed E-state index contributed by atoms with van der Waals surface area (Å²) in [6.07, 6.45) is 6.21. The van der Waals surface area contributed by atoms with Crippen molar-refractivity contribution < 1.29 is 5.11 Å². The average molecular weight is 232 g/mol. The van der Waals surface area contributed by atoms with Gasteiger partial charge in [0.2, 0.25) is 0 Å². The predicted octanol–water partition coefficient (Wildman–Crippen LogP) is 4.09. The van der Waals surface area contributed by atoms with Crippen molar-refractivity contribution in [1.29, 1.82) is 0 Å². The van der Waals surface area contributed by atoms with E-state index in [9.17, 15) is 5.11 Å². The smallest absolute Gasteiger partial charge is 0.0899 e. The average Bonchev–Trinajstić information content (AvgIpc) is 2.29. The number of aliphatic hydroxyl groups is 1. The summed E-state index contributed by atoms with van der Waals surface area (Å²) in [6, 6.07) is 6.39. The summed E-state index contributed by atoms with van der Waals surface area (Å²) in [5, 5.41) is 10.9. The van der Waals surface area contributed by atoms with Crippen LogP contribution in [0.4, 0.5) is 0 Å². The predicted molar refractivity (Wildman–Crippen MR) is 72.1 cm³/mol. The van der Waals surface area contributed by atoms with Crippen molar-refractivity contribution in [3.8, 4) is 0 Å². The molecule has 0 amide bonds. The van der Waals surface area contributed by atoms with Crippen LogP contribution in [0.15, 0.2) is 18.2 Å². The number of hydrogen-bond donors (Lipinski definition) is 1. The largest absolute Gasteiger partial charge is 0.385 e. The molecule has 0 aromatic heterocycles. The second-order valence-electron chi connectivity index (χ2n) is 5.80. The Labute approximate surface area is 105 Å². The molecule has 1 aromatic rings. The van der Waals surface area contributed by atoms with Crippen LogP contribution < -0.4 is 0 Å². The minimum atomic E-state index is -0.655. The zero-order valence-corrected chi connectivity index (χ0v) is 11.3. The Balaban J connectivity index is 2.29. The van der Waals surface area contributed by atoms with Gasteiger partial charge in [0.25, 0.3) is 0 Å². The molecule has 1 aliphatic rings.